The zero-order valence-electron chi connectivity index (χ0n) is 12.5. The van der Waals surface area contributed by atoms with Gasteiger partial charge in [-0.1, -0.05) is 6.07 Å². The molecule has 4 rings (SSSR count). The summed E-state index contributed by atoms with van der Waals surface area (Å²) < 4.78 is 0. The third kappa shape index (κ3) is 2.24. The number of carbonyl (C=O) groups excluding carboxylic acids is 2. The molecule has 8 nitrogen and oxygen atoms in total. The monoisotopic (exact) mass is 323 g/mol. The lowest BCUT2D eigenvalue weighted by Crippen LogP contribution is -2.43. The van der Waals surface area contributed by atoms with E-state index in [0.29, 0.717) is 24.3 Å². The predicted molar refractivity (Wildman–Crippen MR) is 88.1 cm³/mol. The molecule has 0 bridgehead atoms. The lowest BCUT2D eigenvalue weighted by molar-refractivity contribution is -0.122. The van der Waals surface area contributed by atoms with Gasteiger partial charge in [0.15, 0.2) is 0 Å². The van der Waals surface area contributed by atoms with Gasteiger partial charge in [-0.25, -0.2) is 4.98 Å². The predicted octanol–water partition coefficient (Wildman–Crippen LogP) is 1.24. The van der Waals surface area contributed by atoms with Gasteiger partial charge in [-0.3, -0.25) is 14.4 Å². The third-order valence-corrected chi connectivity index (χ3v) is 3.99. The number of rotatable bonds is 3. The van der Waals surface area contributed by atoms with Crippen LogP contribution in [0.5, 0.6) is 0 Å². The van der Waals surface area contributed by atoms with Crippen LogP contribution in [0.2, 0.25) is 0 Å². The van der Waals surface area contributed by atoms with Crippen LogP contribution < -0.4 is 15.8 Å². The fraction of sp³-hybridized carbons (Fsp3) is 0.125. The summed E-state index contributed by atoms with van der Waals surface area (Å²) in [6, 6.07) is 7.03. The Morgan fingerprint density at radius 2 is 2.12 bits per heavy atom. The molecule has 0 radical (unpaired) electrons. The molecule has 120 valence electrons. The van der Waals surface area contributed by atoms with Gasteiger partial charge in [0.05, 0.1) is 17.3 Å². The number of benzene rings is 1. The summed E-state index contributed by atoms with van der Waals surface area (Å²) in [5, 5.41) is 2.96. The molecular formula is C16H13N5O3. The first-order valence-corrected chi connectivity index (χ1v) is 7.40. The molecule has 0 spiro atoms. The normalized spacial score (nSPS) is 13.8. The first-order chi connectivity index (χ1) is 11.6. The molecule has 0 saturated carbocycles. The van der Waals surface area contributed by atoms with Crippen LogP contribution in [0, 0.1) is 0 Å². The Kier molecular flexibility index (Phi) is 3.16. The van der Waals surface area contributed by atoms with Gasteiger partial charge < -0.3 is 20.2 Å². The Labute approximate surface area is 135 Å². The summed E-state index contributed by atoms with van der Waals surface area (Å²) >= 11 is 0. The number of aromatic nitrogens is 3. The van der Waals surface area contributed by atoms with E-state index < -0.39 is 5.91 Å². The van der Waals surface area contributed by atoms with Crippen LogP contribution in [-0.4, -0.2) is 33.3 Å². The average molecular weight is 323 g/mol. The molecular weight excluding hydrogens is 310 g/mol. The lowest BCUT2D eigenvalue weighted by atomic mass is 10.1. The number of hydrogen-bond donors (Lipinski definition) is 3. The van der Waals surface area contributed by atoms with Crippen molar-refractivity contribution >= 4 is 34.2 Å². The van der Waals surface area contributed by atoms with E-state index in [1.807, 2.05) is 6.07 Å². The summed E-state index contributed by atoms with van der Waals surface area (Å²) in [6.07, 6.45) is 3.27. The van der Waals surface area contributed by atoms with Crippen LogP contribution >= 0.6 is 0 Å². The number of hydrogen-bond acceptors (Lipinski definition) is 4. The van der Waals surface area contributed by atoms with Gasteiger partial charge in [0, 0.05) is 30.5 Å². The second-order valence-corrected chi connectivity index (χ2v) is 5.46. The zero-order valence-corrected chi connectivity index (χ0v) is 12.5. The van der Waals surface area contributed by atoms with Crippen LogP contribution in [-0.2, 0) is 4.79 Å². The Bertz CT molecular complexity index is 1020. The molecule has 3 N–H and O–H groups in total. The van der Waals surface area contributed by atoms with Crippen molar-refractivity contribution in [2.45, 2.75) is 6.42 Å². The molecule has 1 aliphatic rings. The van der Waals surface area contributed by atoms with E-state index in [1.165, 1.54) is 12.5 Å². The number of nitrogens with one attached hydrogen (secondary N) is 3. The minimum Gasteiger partial charge on any atom is -0.345 e. The van der Waals surface area contributed by atoms with Crippen LogP contribution in [0.25, 0.3) is 11.0 Å². The van der Waals surface area contributed by atoms with Gasteiger partial charge in [0.2, 0.25) is 5.91 Å². The van der Waals surface area contributed by atoms with Crippen LogP contribution in [0.15, 0.2) is 41.6 Å². The summed E-state index contributed by atoms with van der Waals surface area (Å²) in [5.41, 5.74) is 1.47. The number of fused-ring (bicyclic) bond motifs is 1. The highest BCUT2D eigenvalue weighted by atomic mass is 16.2. The molecule has 3 aromatic rings. The van der Waals surface area contributed by atoms with E-state index in [9.17, 15) is 14.4 Å². The second-order valence-electron chi connectivity index (χ2n) is 5.46. The minimum absolute atomic E-state index is 0.0627. The van der Waals surface area contributed by atoms with Crippen molar-refractivity contribution in [2.24, 2.45) is 0 Å². The van der Waals surface area contributed by atoms with E-state index in [0.717, 1.165) is 5.69 Å². The Morgan fingerprint density at radius 1 is 1.25 bits per heavy atom. The van der Waals surface area contributed by atoms with Gasteiger partial charge in [-0.05, 0) is 18.2 Å². The van der Waals surface area contributed by atoms with E-state index in [-0.39, 0.29) is 22.4 Å². The van der Waals surface area contributed by atoms with Crippen molar-refractivity contribution in [3.8, 4) is 0 Å². The maximum atomic E-state index is 12.5. The van der Waals surface area contributed by atoms with Gasteiger partial charge in [0.1, 0.15) is 5.65 Å². The second kappa shape index (κ2) is 5.34. The largest absolute Gasteiger partial charge is 0.345 e. The van der Waals surface area contributed by atoms with Crippen LogP contribution in [0.1, 0.15) is 16.8 Å². The molecule has 2 aromatic heterocycles. The number of anilines is 2. The molecule has 24 heavy (non-hydrogen) atoms. The van der Waals surface area contributed by atoms with Crippen molar-refractivity contribution in [2.75, 3.05) is 16.8 Å². The Balaban J connectivity index is 1.63. The Morgan fingerprint density at radius 3 is 2.88 bits per heavy atom. The summed E-state index contributed by atoms with van der Waals surface area (Å²) in [7, 11) is 0. The number of nitrogens with zero attached hydrogens (tertiary/aromatic N) is 2. The number of carbonyl (C=O) groups is 2. The molecule has 2 amide bonds. The van der Waals surface area contributed by atoms with Gasteiger partial charge >= 0.3 is 0 Å². The minimum atomic E-state index is -0.424. The van der Waals surface area contributed by atoms with Crippen LogP contribution in [0.4, 0.5) is 11.4 Å². The van der Waals surface area contributed by atoms with Crippen molar-refractivity contribution in [1.29, 1.82) is 0 Å². The highest BCUT2D eigenvalue weighted by Crippen LogP contribution is 2.25. The number of β-lactam (4-membered cyclic amide) rings is 1. The van der Waals surface area contributed by atoms with E-state index in [1.54, 1.807) is 23.1 Å². The first-order valence-electron chi connectivity index (χ1n) is 7.40. The maximum Gasteiger partial charge on any atom is 0.261 e. The summed E-state index contributed by atoms with van der Waals surface area (Å²) in [6.45, 7) is 0.680. The number of H-pyrrole nitrogens is 2. The standard InChI is InChI=1S/C16H13N5O3/c22-12-4-5-21(12)10-3-1-2-9(6-10)20-15(23)11-7-17-14-13(11)16(24)19-8-18-14/h1-3,6-8H,4-5H2,(H,20,23)(H2,17,18,19,24). The Hall–Kier alpha value is -3.42. The van der Waals surface area contributed by atoms with Gasteiger partial charge in [-0.15, -0.1) is 0 Å². The molecule has 0 aliphatic carbocycles. The summed E-state index contributed by atoms with van der Waals surface area (Å²) in [5.74, 6) is -0.362. The first kappa shape index (κ1) is 14.2. The van der Waals surface area contributed by atoms with Crippen molar-refractivity contribution in [3.05, 3.63) is 52.7 Å². The molecule has 3 heterocycles. The SMILES string of the molecule is O=C(Nc1cccc(N2CCC2=O)c1)c1c[nH]c2nc[nH]c(=O)c12. The molecule has 1 aliphatic heterocycles. The molecule has 1 aromatic carbocycles. The zero-order chi connectivity index (χ0) is 16.7. The van der Waals surface area contributed by atoms with Gasteiger partial charge in [0.25, 0.3) is 11.5 Å². The third-order valence-electron chi connectivity index (χ3n) is 3.99. The average Bonchev–Trinajstić information content (AvgIpc) is 2.99. The fourth-order valence-electron chi connectivity index (χ4n) is 2.69. The van der Waals surface area contributed by atoms with E-state index in [2.05, 4.69) is 20.3 Å². The number of amides is 2. The van der Waals surface area contributed by atoms with E-state index in [4.69, 9.17) is 0 Å². The van der Waals surface area contributed by atoms with Crippen molar-refractivity contribution in [1.82, 2.24) is 15.0 Å². The molecule has 0 atom stereocenters. The van der Waals surface area contributed by atoms with Crippen LogP contribution in [0.3, 0.4) is 0 Å². The molecule has 1 saturated heterocycles. The van der Waals surface area contributed by atoms with Crippen molar-refractivity contribution < 1.29 is 9.59 Å². The highest BCUT2D eigenvalue weighted by molar-refractivity contribution is 6.12. The number of aromatic amines is 2. The quantitative estimate of drug-likeness (QED) is 0.630. The maximum absolute atomic E-state index is 12.5. The molecule has 1 fully saturated rings. The lowest BCUT2D eigenvalue weighted by Gasteiger charge is -2.30. The smallest absolute Gasteiger partial charge is 0.261 e. The van der Waals surface area contributed by atoms with Crippen molar-refractivity contribution in [3.63, 3.8) is 0 Å². The van der Waals surface area contributed by atoms with Gasteiger partial charge in [-0.2, -0.15) is 0 Å². The molecule has 8 heteroatoms. The fourth-order valence-corrected chi connectivity index (χ4v) is 2.69. The molecule has 0 unspecified atom stereocenters. The highest BCUT2D eigenvalue weighted by Gasteiger charge is 2.25. The summed E-state index contributed by atoms with van der Waals surface area (Å²) in [4.78, 5) is 46.8. The van der Waals surface area contributed by atoms with E-state index >= 15 is 0 Å². The topological polar surface area (TPSA) is 111 Å².